The molecule has 0 fully saturated rings. The van der Waals surface area contributed by atoms with Crippen molar-refractivity contribution >= 4 is 37.4 Å². The van der Waals surface area contributed by atoms with Gasteiger partial charge in [-0.05, 0) is 39.5 Å². The summed E-state index contributed by atoms with van der Waals surface area (Å²) < 4.78 is 2.58. The zero-order chi connectivity index (χ0) is 9.42. The van der Waals surface area contributed by atoms with E-state index in [1.807, 2.05) is 0 Å². The molecule has 0 saturated carbocycles. The lowest BCUT2D eigenvalue weighted by molar-refractivity contribution is 0.869. The Bertz CT molecular complexity index is 429. The van der Waals surface area contributed by atoms with Crippen LogP contribution in [0.2, 0.25) is 0 Å². The molecule has 2 aromatic rings. The van der Waals surface area contributed by atoms with Crippen LogP contribution in [0.3, 0.4) is 0 Å². The highest BCUT2D eigenvalue weighted by atomic mass is 79.9. The van der Waals surface area contributed by atoms with Gasteiger partial charge in [-0.25, -0.2) is 0 Å². The van der Waals surface area contributed by atoms with E-state index in [-0.39, 0.29) is 0 Å². The van der Waals surface area contributed by atoms with Crippen LogP contribution in [0.1, 0.15) is 25.3 Å². The number of hydrogen-bond acceptors (Lipinski definition) is 1. The number of rotatable bonds is 1. The highest BCUT2D eigenvalue weighted by Gasteiger charge is 2.04. The van der Waals surface area contributed by atoms with Crippen LogP contribution in [0, 0.1) is 0 Å². The van der Waals surface area contributed by atoms with Crippen LogP contribution < -0.4 is 0 Å². The van der Waals surface area contributed by atoms with Crippen LogP contribution >= 0.6 is 27.3 Å². The van der Waals surface area contributed by atoms with Crippen molar-refractivity contribution in [1.82, 2.24) is 0 Å². The third-order valence-corrected chi connectivity index (χ3v) is 4.14. The summed E-state index contributed by atoms with van der Waals surface area (Å²) in [7, 11) is 0. The normalized spacial score (nSPS) is 11.4. The van der Waals surface area contributed by atoms with Crippen molar-refractivity contribution in [3.63, 3.8) is 0 Å². The molecule has 0 nitrogen and oxygen atoms in total. The third kappa shape index (κ3) is 1.65. The molecule has 0 aliphatic carbocycles. The molecule has 68 valence electrons. The molecule has 13 heavy (non-hydrogen) atoms. The molecular formula is C11H11BrS. The Labute approximate surface area is 90.7 Å². The predicted molar refractivity (Wildman–Crippen MR) is 63.6 cm³/mol. The first-order valence-electron chi connectivity index (χ1n) is 4.35. The number of thiophene rings is 1. The van der Waals surface area contributed by atoms with Gasteiger partial charge in [-0.15, -0.1) is 11.3 Å². The Hall–Kier alpha value is -0.340. The zero-order valence-electron chi connectivity index (χ0n) is 7.67. The number of fused-ring (bicyclic) bond motifs is 1. The van der Waals surface area contributed by atoms with Gasteiger partial charge in [-0.3, -0.25) is 0 Å². The Morgan fingerprint density at radius 3 is 2.77 bits per heavy atom. The van der Waals surface area contributed by atoms with Gasteiger partial charge in [0, 0.05) is 19.9 Å². The Balaban J connectivity index is 2.66. The molecule has 0 unspecified atom stereocenters. The van der Waals surface area contributed by atoms with Crippen LogP contribution in [0.5, 0.6) is 0 Å². The van der Waals surface area contributed by atoms with Crippen LogP contribution in [0.4, 0.5) is 0 Å². The molecular weight excluding hydrogens is 244 g/mol. The molecule has 0 bridgehead atoms. The molecule has 1 aromatic heterocycles. The van der Waals surface area contributed by atoms with Crippen molar-refractivity contribution in [1.29, 1.82) is 0 Å². The van der Waals surface area contributed by atoms with Crippen molar-refractivity contribution in [3.8, 4) is 0 Å². The summed E-state index contributed by atoms with van der Waals surface area (Å²) in [5.74, 6) is 0.608. The van der Waals surface area contributed by atoms with Crippen LogP contribution in [-0.2, 0) is 0 Å². The lowest BCUT2D eigenvalue weighted by Crippen LogP contribution is -1.84. The van der Waals surface area contributed by atoms with Gasteiger partial charge in [0.2, 0.25) is 0 Å². The van der Waals surface area contributed by atoms with Crippen molar-refractivity contribution in [2.75, 3.05) is 0 Å². The Kier molecular flexibility index (Phi) is 2.43. The minimum Gasteiger partial charge on any atom is -0.143 e. The molecule has 1 aromatic carbocycles. The SMILES string of the molecule is CC(C)c1ccc2scc(Br)c2c1. The van der Waals surface area contributed by atoms with Gasteiger partial charge in [0.1, 0.15) is 0 Å². The van der Waals surface area contributed by atoms with Crippen LogP contribution in [0.15, 0.2) is 28.1 Å². The topological polar surface area (TPSA) is 0 Å². The standard InChI is InChI=1S/C11H11BrS/c1-7(2)8-3-4-11-9(5-8)10(12)6-13-11/h3-7H,1-2H3. The summed E-state index contributed by atoms with van der Waals surface area (Å²) >= 11 is 5.35. The van der Waals surface area contributed by atoms with E-state index in [0.717, 1.165) is 0 Å². The quantitative estimate of drug-likeness (QED) is 0.687. The fourth-order valence-corrected chi connectivity index (χ4v) is 2.91. The molecule has 0 aliphatic heterocycles. The molecule has 0 spiro atoms. The van der Waals surface area contributed by atoms with Crippen LogP contribution in [-0.4, -0.2) is 0 Å². The number of hydrogen-bond donors (Lipinski definition) is 0. The van der Waals surface area contributed by atoms with Crippen LogP contribution in [0.25, 0.3) is 10.1 Å². The van der Waals surface area contributed by atoms with E-state index in [1.165, 1.54) is 20.1 Å². The molecule has 0 radical (unpaired) electrons. The van der Waals surface area contributed by atoms with E-state index in [0.29, 0.717) is 5.92 Å². The average molecular weight is 255 g/mol. The zero-order valence-corrected chi connectivity index (χ0v) is 10.1. The maximum Gasteiger partial charge on any atom is 0.0361 e. The van der Waals surface area contributed by atoms with E-state index < -0.39 is 0 Å². The molecule has 0 atom stereocenters. The van der Waals surface area contributed by atoms with Crippen molar-refractivity contribution < 1.29 is 0 Å². The molecule has 0 aliphatic rings. The van der Waals surface area contributed by atoms with Gasteiger partial charge >= 0.3 is 0 Å². The lowest BCUT2D eigenvalue weighted by atomic mass is 10.0. The number of benzene rings is 1. The summed E-state index contributed by atoms with van der Waals surface area (Å²) in [6, 6.07) is 6.70. The van der Waals surface area contributed by atoms with E-state index in [9.17, 15) is 0 Å². The summed E-state index contributed by atoms with van der Waals surface area (Å²) in [4.78, 5) is 0. The van der Waals surface area contributed by atoms with Gasteiger partial charge in [-0.1, -0.05) is 19.9 Å². The monoisotopic (exact) mass is 254 g/mol. The van der Waals surface area contributed by atoms with E-state index in [2.05, 4.69) is 53.4 Å². The van der Waals surface area contributed by atoms with E-state index >= 15 is 0 Å². The molecule has 2 rings (SSSR count). The molecule has 0 saturated heterocycles. The minimum atomic E-state index is 0.608. The second-order valence-corrected chi connectivity index (χ2v) is 5.26. The minimum absolute atomic E-state index is 0.608. The van der Waals surface area contributed by atoms with Gasteiger partial charge in [-0.2, -0.15) is 0 Å². The molecule has 0 N–H and O–H groups in total. The van der Waals surface area contributed by atoms with Gasteiger partial charge in [0.15, 0.2) is 0 Å². The number of halogens is 1. The maximum atomic E-state index is 3.56. The van der Waals surface area contributed by atoms with Gasteiger partial charge in [0.25, 0.3) is 0 Å². The second kappa shape index (κ2) is 3.43. The largest absolute Gasteiger partial charge is 0.143 e. The Morgan fingerprint density at radius 2 is 2.08 bits per heavy atom. The molecule has 2 heteroatoms. The average Bonchev–Trinajstić information content (AvgIpc) is 2.47. The van der Waals surface area contributed by atoms with Crippen molar-refractivity contribution in [2.24, 2.45) is 0 Å². The first-order valence-corrected chi connectivity index (χ1v) is 6.02. The fraction of sp³-hybridized carbons (Fsp3) is 0.273. The summed E-state index contributed by atoms with van der Waals surface area (Å²) in [6.45, 7) is 4.45. The summed E-state index contributed by atoms with van der Waals surface area (Å²) in [5, 5.41) is 3.49. The maximum absolute atomic E-state index is 3.56. The van der Waals surface area contributed by atoms with E-state index in [1.54, 1.807) is 11.3 Å². The summed E-state index contributed by atoms with van der Waals surface area (Å²) in [5.41, 5.74) is 1.41. The van der Waals surface area contributed by atoms with Crippen molar-refractivity contribution in [2.45, 2.75) is 19.8 Å². The van der Waals surface area contributed by atoms with Gasteiger partial charge in [0.05, 0.1) is 0 Å². The van der Waals surface area contributed by atoms with Gasteiger partial charge < -0.3 is 0 Å². The predicted octanol–water partition coefficient (Wildman–Crippen LogP) is 4.79. The molecule has 0 amide bonds. The highest BCUT2D eigenvalue weighted by molar-refractivity contribution is 9.10. The van der Waals surface area contributed by atoms with E-state index in [4.69, 9.17) is 0 Å². The highest BCUT2D eigenvalue weighted by Crippen LogP contribution is 2.32. The fourth-order valence-electron chi connectivity index (χ4n) is 1.37. The third-order valence-electron chi connectivity index (χ3n) is 2.22. The smallest absolute Gasteiger partial charge is 0.0361 e. The molecule has 1 heterocycles. The first-order chi connectivity index (χ1) is 6.18. The Morgan fingerprint density at radius 1 is 1.31 bits per heavy atom. The second-order valence-electron chi connectivity index (χ2n) is 3.49. The van der Waals surface area contributed by atoms with Crippen molar-refractivity contribution in [3.05, 3.63) is 33.6 Å². The lowest BCUT2D eigenvalue weighted by Gasteiger charge is -2.04. The summed E-state index contributed by atoms with van der Waals surface area (Å²) in [6.07, 6.45) is 0. The first kappa shape index (κ1) is 9.22.